The van der Waals surface area contributed by atoms with Crippen molar-refractivity contribution in [2.75, 3.05) is 24.2 Å². The molecule has 3 nitrogen and oxygen atoms in total. The van der Waals surface area contributed by atoms with Crippen molar-refractivity contribution in [2.45, 2.75) is 18.9 Å². The van der Waals surface area contributed by atoms with E-state index in [1.165, 1.54) is 0 Å². The minimum absolute atomic E-state index is 0. The molecule has 5 heteroatoms. The third-order valence-electron chi connectivity index (χ3n) is 2.54. The van der Waals surface area contributed by atoms with Crippen LogP contribution in [-0.2, 0) is 4.74 Å². The first-order chi connectivity index (χ1) is 7.25. The second-order valence-corrected chi connectivity index (χ2v) is 4.16. The highest BCUT2D eigenvalue weighted by Crippen LogP contribution is 2.24. The molecule has 0 bridgehead atoms. The Balaban J connectivity index is 0.00000128. The van der Waals surface area contributed by atoms with E-state index in [1.54, 1.807) is 6.07 Å². The summed E-state index contributed by atoms with van der Waals surface area (Å²) in [6, 6.07) is 5.48. The van der Waals surface area contributed by atoms with Crippen molar-refractivity contribution < 1.29 is 4.74 Å². The van der Waals surface area contributed by atoms with Gasteiger partial charge >= 0.3 is 0 Å². The first-order valence-corrected chi connectivity index (χ1v) is 5.54. The first kappa shape index (κ1) is 13.4. The highest BCUT2D eigenvalue weighted by atomic mass is 35.5. The van der Waals surface area contributed by atoms with Gasteiger partial charge in [-0.1, -0.05) is 11.6 Å². The highest BCUT2D eigenvalue weighted by molar-refractivity contribution is 6.33. The van der Waals surface area contributed by atoms with Crippen LogP contribution in [0.2, 0.25) is 5.02 Å². The van der Waals surface area contributed by atoms with E-state index in [1.807, 2.05) is 12.1 Å². The molecule has 1 aromatic rings. The SMILES string of the molecule is Cl.Nc1ccc(NCC2CCCO2)c(Cl)c1. The van der Waals surface area contributed by atoms with E-state index in [2.05, 4.69) is 5.32 Å². The molecule has 0 spiro atoms. The molecule has 2 rings (SSSR count). The standard InChI is InChI=1S/C11H15ClN2O.ClH/c12-10-6-8(13)3-4-11(10)14-7-9-2-1-5-15-9;/h3-4,6,9,14H,1-2,5,7,13H2;1H. The van der Waals surface area contributed by atoms with Crippen LogP contribution in [0.3, 0.4) is 0 Å². The van der Waals surface area contributed by atoms with Crippen LogP contribution in [0.5, 0.6) is 0 Å². The van der Waals surface area contributed by atoms with Crippen molar-refractivity contribution in [3.63, 3.8) is 0 Å². The summed E-state index contributed by atoms with van der Waals surface area (Å²) < 4.78 is 5.51. The lowest BCUT2D eigenvalue weighted by atomic mass is 10.2. The lowest BCUT2D eigenvalue weighted by Crippen LogP contribution is -2.18. The van der Waals surface area contributed by atoms with Crippen molar-refractivity contribution >= 4 is 35.4 Å². The summed E-state index contributed by atoms with van der Waals surface area (Å²) in [5.74, 6) is 0. The second kappa shape index (κ2) is 6.18. The van der Waals surface area contributed by atoms with Gasteiger partial charge in [-0.15, -0.1) is 12.4 Å². The summed E-state index contributed by atoms with van der Waals surface area (Å²) >= 11 is 6.03. The number of anilines is 2. The van der Waals surface area contributed by atoms with E-state index in [0.717, 1.165) is 31.7 Å². The Labute approximate surface area is 107 Å². The number of ether oxygens (including phenoxy) is 1. The van der Waals surface area contributed by atoms with Crippen LogP contribution in [-0.4, -0.2) is 19.3 Å². The fourth-order valence-corrected chi connectivity index (χ4v) is 1.96. The van der Waals surface area contributed by atoms with Gasteiger partial charge in [-0.05, 0) is 31.0 Å². The van der Waals surface area contributed by atoms with Gasteiger partial charge in [0.2, 0.25) is 0 Å². The summed E-state index contributed by atoms with van der Waals surface area (Å²) in [7, 11) is 0. The quantitative estimate of drug-likeness (QED) is 0.824. The van der Waals surface area contributed by atoms with Crippen LogP contribution >= 0.6 is 24.0 Å². The van der Waals surface area contributed by atoms with Crippen LogP contribution < -0.4 is 11.1 Å². The van der Waals surface area contributed by atoms with Crippen LogP contribution in [0.25, 0.3) is 0 Å². The molecule has 1 unspecified atom stereocenters. The zero-order valence-electron chi connectivity index (χ0n) is 8.91. The maximum absolute atomic E-state index is 6.03. The summed E-state index contributed by atoms with van der Waals surface area (Å²) in [5, 5.41) is 3.93. The molecule has 1 aliphatic rings. The third kappa shape index (κ3) is 3.44. The Morgan fingerprint density at radius 1 is 1.50 bits per heavy atom. The molecule has 0 aromatic heterocycles. The van der Waals surface area contributed by atoms with E-state index in [-0.39, 0.29) is 12.4 Å². The van der Waals surface area contributed by atoms with Crippen molar-refractivity contribution in [1.82, 2.24) is 0 Å². The van der Waals surface area contributed by atoms with Gasteiger partial charge in [0.25, 0.3) is 0 Å². The van der Waals surface area contributed by atoms with Gasteiger partial charge in [0.15, 0.2) is 0 Å². The van der Waals surface area contributed by atoms with Crippen LogP contribution in [0.4, 0.5) is 11.4 Å². The third-order valence-corrected chi connectivity index (χ3v) is 2.85. The molecule has 0 radical (unpaired) electrons. The Morgan fingerprint density at radius 2 is 2.31 bits per heavy atom. The number of nitrogen functional groups attached to an aromatic ring is 1. The zero-order chi connectivity index (χ0) is 10.7. The van der Waals surface area contributed by atoms with Crippen molar-refractivity contribution in [2.24, 2.45) is 0 Å². The molecule has 1 heterocycles. The topological polar surface area (TPSA) is 47.3 Å². The molecule has 90 valence electrons. The van der Waals surface area contributed by atoms with Crippen molar-refractivity contribution in [3.05, 3.63) is 23.2 Å². The zero-order valence-corrected chi connectivity index (χ0v) is 10.5. The normalized spacial score (nSPS) is 19.2. The number of rotatable bonds is 3. The predicted octanol–water partition coefficient (Wildman–Crippen LogP) is 2.93. The second-order valence-electron chi connectivity index (χ2n) is 3.76. The lowest BCUT2D eigenvalue weighted by molar-refractivity contribution is 0.120. The van der Waals surface area contributed by atoms with Gasteiger partial charge in [0, 0.05) is 18.8 Å². The molecule has 1 aromatic carbocycles. The number of halogens is 2. The van der Waals surface area contributed by atoms with E-state index >= 15 is 0 Å². The first-order valence-electron chi connectivity index (χ1n) is 5.16. The van der Waals surface area contributed by atoms with Gasteiger partial charge in [0.05, 0.1) is 16.8 Å². The highest BCUT2D eigenvalue weighted by Gasteiger charge is 2.15. The van der Waals surface area contributed by atoms with Gasteiger partial charge in [-0.25, -0.2) is 0 Å². The maximum Gasteiger partial charge on any atom is 0.0748 e. The van der Waals surface area contributed by atoms with E-state index < -0.39 is 0 Å². The van der Waals surface area contributed by atoms with Gasteiger partial charge in [0.1, 0.15) is 0 Å². The molecule has 0 amide bonds. The maximum atomic E-state index is 6.03. The van der Waals surface area contributed by atoms with E-state index in [4.69, 9.17) is 22.1 Å². The monoisotopic (exact) mass is 262 g/mol. The summed E-state index contributed by atoms with van der Waals surface area (Å²) in [5.41, 5.74) is 7.21. The number of hydrogen-bond donors (Lipinski definition) is 2. The van der Waals surface area contributed by atoms with E-state index in [9.17, 15) is 0 Å². The minimum Gasteiger partial charge on any atom is -0.399 e. The molecular weight excluding hydrogens is 247 g/mol. The fourth-order valence-electron chi connectivity index (χ4n) is 1.70. The summed E-state index contributed by atoms with van der Waals surface area (Å²) in [4.78, 5) is 0. The molecule has 0 saturated carbocycles. The Morgan fingerprint density at radius 3 is 2.94 bits per heavy atom. The number of nitrogens with two attached hydrogens (primary N) is 1. The van der Waals surface area contributed by atoms with Crippen LogP contribution in [0.1, 0.15) is 12.8 Å². The fraction of sp³-hybridized carbons (Fsp3) is 0.455. The van der Waals surface area contributed by atoms with Gasteiger partial charge in [-0.3, -0.25) is 0 Å². The molecule has 1 atom stereocenters. The number of nitrogens with one attached hydrogen (secondary N) is 1. The molecule has 0 aliphatic carbocycles. The molecule has 1 aliphatic heterocycles. The minimum atomic E-state index is 0. The molecule has 16 heavy (non-hydrogen) atoms. The van der Waals surface area contributed by atoms with E-state index in [0.29, 0.717) is 16.8 Å². The Bertz CT molecular complexity index is 341. The lowest BCUT2D eigenvalue weighted by Gasteiger charge is -2.13. The van der Waals surface area contributed by atoms with Crippen molar-refractivity contribution in [1.29, 1.82) is 0 Å². The number of benzene rings is 1. The van der Waals surface area contributed by atoms with Crippen LogP contribution in [0, 0.1) is 0 Å². The Kier molecular flexibility index (Phi) is 5.19. The molecule has 1 saturated heterocycles. The van der Waals surface area contributed by atoms with Gasteiger partial charge in [-0.2, -0.15) is 0 Å². The molecule has 1 fully saturated rings. The average Bonchev–Trinajstić information content (AvgIpc) is 2.69. The molecule has 3 N–H and O–H groups in total. The molecular formula is C11H16Cl2N2O. The predicted molar refractivity (Wildman–Crippen MR) is 70.6 cm³/mol. The average molecular weight is 263 g/mol. The van der Waals surface area contributed by atoms with Crippen LogP contribution in [0.15, 0.2) is 18.2 Å². The van der Waals surface area contributed by atoms with Gasteiger partial charge < -0.3 is 15.8 Å². The summed E-state index contributed by atoms with van der Waals surface area (Å²) in [6.07, 6.45) is 2.60. The smallest absolute Gasteiger partial charge is 0.0748 e. The number of hydrogen-bond acceptors (Lipinski definition) is 3. The Hall–Kier alpha value is -0.640. The largest absolute Gasteiger partial charge is 0.399 e. The summed E-state index contributed by atoms with van der Waals surface area (Å²) in [6.45, 7) is 1.69. The van der Waals surface area contributed by atoms with Crippen molar-refractivity contribution in [3.8, 4) is 0 Å².